The summed E-state index contributed by atoms with van der Waals surface area (Å²) in [5.41, 5.74) is 2.08. The van der Waals surface area contributed by atoms with Gasteiger partial charge in [-0.05, 0) is 11.1 Å². The molecule has 2 aromatic rings. The minimum Gasteiger partial charge on any atom is -0.0622 e. The Morgan fingerprint density at radius 1 is 0.667 bits per heavy atom. The first-order valence-electron chi connectivity index (χ1n) is 4.90. The fourth-order valence-corrected chi connectivity index (χ4v) is 1.16. The predicted octanol–water partition coefficient (Wildman–Crippen LogP) is 3.35. The summed E-state index contributed by atoms with van der Waals surface area (Å²) in [6, 6.07) is 15.7. The van der Waals surface area contributed by atoms with Crippen LogP contribution in [0.25, 0.3) is 11.1 Å². The average molecular weight is 156 g/mol. The van der Waals surface area contributed by atoms with Crippen molar-refractivity contribution in [2.75, 3.05) is 0 Å². The van der Waals surface area contributed by atoms with Crippen LogP contribution in [-0.4, -0.2) is 0 Å². The van der Waals surface area contributed by atoms with Gasteiger partial charge in [0, 0.05) is 0 Å². The maximum absolute atomic E-state index is 7.52. The van der Waals surface area contributed by atoms with Gasteiger partial charge in [-0.3, -0.25) is 0 Å². The highest BCUT2D eigenvalue weighted by atomic mass is 14.0. The van der Waals surface area contributed by atoms with E-state index < -0.39 is 0 Å². The first-order chi connectivity index (χ1) is 6.77. The third-order valence-corrected chi connectivity index (χ3v) is 1.76. The van der Waals surface area contributed by atoms with Crippen molar-refractivity contribution < 1.29 is 2.74 Å². The third-order valence-electron chi connectivity index (χ3n) is 1.76. The normalized spacial score (nSPS) is 12.0. The number of hydrogen-bond donors (Lipinski definition) is 0. The first kappa shape index (κ1) is 5.15. The van der Waals surface area contributed by atoms with Crippen molar-refractivity contribution in [1.82, 2.24) is 0 Å². The van der Waals surface area contributed by atoms with Crippen LogP contribution >= 0.6 is 0 Å². The van der Waals surface area contributed by atoms with Crippen LogP contribution in [0.1, 0.15) is 2.74 Å². The highest BCUT2D eigenvalue weighted by molar-refractivity contribution is 5.62. The van der Waals surface area contributed by atoms with Gasteiger partial charge in [0.25, 0.3) is 0 Å². The third kappa shape index (κ3) is 1.37. The van der Waals surface area contributed by atoms with Crippen LogP contribution in [0, 0.1) is 0 Å². The van der Waals surface area contributed by atoms with E-state index >= 15 is 0 Å². The van der Waals surface area contributed by atoms with Crippen LogP contribution in [0.3, 0.4) is 0 Å². The van der Waals surface area contributed by atoms with E-state index in [0.29, 0.717) is 0 Å². The molecule has 0 N–H and O–H groups in total. The molecule has 0 amide bonds. The van der Waals surface area contributed by atoms with E-state index in [1.165, 1.54) is 0 Å². The second-order valence-electron chi connectivity index (χ2n) is 2.59. The van der Waals surface area contributed by atoms with Gasteiger partial charge in [-0.15, -0.1) is 0 Å². The van der Waals surface area contributed by atoms with Crippen LogP contribution in [-0.2, 0) is 0 Å². The molecule has 0 aromatic heterocycles. The Bertz CT molecular complexity index is 435. The molecule has 0 radical (unpaired) electrons. The van der Waals surface area contributed by atoms with Gasteiger partial charge < -0.3 is 0 Å². The van der Waals surface area contributed by atoms with Crippen LogP contribution < -0.4 is 0 Å². The molecule has 0 unspecified atom stereocenters. The van der Waals surface area contributed by atoms with Gasteiger partial charge in [0.15, 0.2) is 0 Å². The Morgan fingerprint density at radius 3 is 2.08 bits per heavy atom. The highest BCUT2D eigenvalue weighted by Crippen LogP contribution is 2.17. The second-order valence-corrected chi connectivity index (χ2v) is 2.59. The predicted molar refractivity (Wildman–Crippen MR) is 51.9 cm³/mol. The summed E-state index contributed by atoms with van der Waals surface area (Å²) in [5.74, 6) is 0. The lowest BCUT2D eigenvalue weighted by Gasteiger charge is -1.98. The Kier molecular flexibility index (Phi) is 1.38. The number of hydrogen-bond acceptors (Lipinski definition) is 0. The molecular formula is C12H10. The Hall–Kier alpha value is -1.56. The monoisotopic (exact) mass is 156 g/mol. The molecule has 12 heavy (non-hydrogen) atoms. The molecule has 0 fully saturated rings. The zero-order valence-electron chi connectivity index (χ0n) is 8.62. The topological polar surface area (TPSA) is 0 Å². The molecule has 0 spiro atoms. The molecule has 2 rings (SSSR count). The Balaban J connectivity index is 2.48. The Labute approximate surface area is 75.3 Å². The van der Waals surface area contributed by atoms with Crippen LogP contribution in [0.2, 0.25) is 0 Å². The van der Waals surface area contributed by atoms with E-state index in [1.807, 2.05) is 36.4 Å². The van der Waals surface area contributed by atoms with Crippen LogP contribution in [0.5, 0.6) is 0 Å². The molecule has 0 heterocycles. The van der Waals surface area contributed by atoms with E-state index in [2.05, 4.69) is 0 Å². The van der Waals surface area contributed by atoms with Gasteiger partial charge >= 0.3 is 0 Å². The van der Waals surface area contributed by atoms with Gasteiger partial charge in [-0.25, -0.2) is 0 Å². The number of rotatable bonds is 1. The molecule has 0 aliphatic rings. The van der Waals surface area contributed by atoms with Crippen molar-refractivity contribution in [2.24, 2.45) is 0 Å². The van der Waals surface area contributed by atoms with Gasteiger partial charge in [0.05, 0.1) is 2.74 Å². The van der Waals surface area contributed by atoms with E-state index in [4.69, 9.17) is 2.74 Å². The van der Waals surface area contributed by atoms with Gasteiger partial charge in [-0.2, -0.15) is 0 Å². The van der Waals surface area contributed by atoms with E-state index in [9.17, 15) is 0 Å². The fraction of sp³-hybridized carbons (Fsp3) is 0. The maximum Gasteiger partial charge on any atom is 0.0623 e. The molecule has 0 saturated heterocycles. The SMILES string of the molecule is [2H]c1ccc(-c2ccccc2)cc1[2H]. The molecule has 0 atom stereocenters. The minimum absolute atomic E-state index is 0.268. The van der Waals surface area contributed by atoms with Crippen molar-refractivity contribution in [2.45, 2.75) is 0 Å². The van der Waals surface area contributed by atoms with Crippen molar-refractivity contribution in [3.05, 3.63) is 60.6 Å². The summed E-state index contributed by atoms with van der Waals surface area (Å²) in [5, 5.41) is 0. The van der Waals surface area contributed by atoms with Gasteiger partial charge in [0.2, 0.25) is 0 Å². The van der Waals surface area contributed by atoms with E-state index in [-0.39, 0.29) is 12.1 Å². The summed E-state index contributed by atoms with van der Waals surface area (Å²) >= 11 is 0. The summed E-state index contributed by atoms with van der Waals surface area (Å²) in [6.45, 7) is 0. The highest BCUT2D eigenvalue weighted by Gasteiger charge is 1.91. The average Bonchev–Trinajstić information content (AvgIpc) is 2.23. The lowest BCUT2D eigenvalue weighted by Crippen LogP contribution is -1.73. The fourth-order valence-electron chi connectivity index (χ4n) is 1.16. The molecule has 0 nitrogen and oxygen atoms in total. The summed E-state index contributed by atoms with van der Waals surface area (Å²) in [7, 11) is 0. The lowest BCUT2D eigenvalue weighted by molar-refractivity contribution is 1.62. The lowest BCUT2D eigenvalue weighted by atomic mass is 10.1. The van der Waals surface area contributed by atoms with Gasteiger partial charge in [-0.1, -0.05) is 60.6 Å². The smallest absolute Gasteiger partial charge is 0.0622 e. The molecule has 0 saturated carbocycles. The standard InChI is InChI=1S/C12H10/c1-3-7-11(8-4-1)12-9-5-2-6-10-12/h1-10H/i1D,3D. The quantitative estimate of drug-likeness (QED) is 0.594. The summed E-state index contributed by atoms with van der Waals surface area (Å²) in [6.07, 6.45) is 0. The summed E-state index contributed by atoms with van der Waals surface area (Å²) < 4.78 is 14.9. The zero-order chi connectivity index (χ0) is 9.97. The second kappa shape index (κ2) is 3.22. The van der Waals surface area contributed by atoms with E-state index in [0.717, 1.165) is 11.1 Å². The molecule has 0 bridgehead atoms. The van der Waals surface area contributed by atoms with Gasteiger partial charge in [0.1, 0.15) is 0 Å². The number of benzene rings is 2. The molecule has 0 aliphatic carbocycles. The van der Waals surface area contributed by atoms with Crippen molar-refractivity contribution in [1.29, 1.82) is 0 Å². The molecule has 58 valence electrons. The Morgan fingerprint density at radius 2 is 1.33 bits per heavy atom. The largest absolute Gasteiger partial charge is 0.0623 e. The first-order valence-corrected chi connectivity index (χ1v) is 3.90. The minimum atomic E-state index is 0.268. The molecular weight excluding hydrogens is 144 g/mol. The van der Waals surface area contributed by atoms with Crippen molar-refractivity contribution >= 4 is 0 Å². The van der Waals surface area contributed by atoms with Crippen LogP contribution in [0.4, 0.5) is 0 Å². The van der Waals surface area contributed by atoms with Crippen molar-refractivity contribution in [3.8, 4) is 11.1 Å². The maximum atomic E-state index is 7.52. The molecule has 0 aliphatic heterocycles. The van der Waals surface area contributed by atoms with Crippen molar-refractivity contribution in [3.63, 3.8) is 0 Å². The molecule has 2 aromatic carbocycles. The van der Waals surface area contributed by atoms with E-state index in [1.54, 1.807) is 12.1 Å². The van der Waals surface area contributed by atoms with Crippen LogP contribution in [0.15, 0.2) is 60.6 Å². The summed E-state index contributed by atoms with van der Waals surface area (Å²) in [4.78, 5) is 0. The molecule has 0 heteroatoms. The zero-order valence-corrected chi connectivity index (χ0v) is 6.62.